The Balaban J connectivity index is 2.24. The van der Waals surface area contributed by atoms with Gasteiger partial charge in [0.05, 0.1) is 0 Å². The summed E-state index contributed by atoms with van der Waals surface area (Å²) in [6.07, 6.45) is 5.12. The van der Waals surface area contributed by atoms with E-state index in [2.05, 4.69) is 17.5 Å². The molecule has 0 amide bonds. The lowest BCUT2D eigenvalue weighted by Crippen LogP contribution is -2.04. The Morgan fingerprint density at radius 3 is 2.59 bits per heavy atom. The molecule has 6 heteroatoms. The normalized spacial score (nSPS) is 14.1. The first-order valence-corrected chi connectivity index (χ1v) is 10.8. The van der Waals surface area contributed by atoms with Crippen LogP contribution in [0.3, 0.4) is 0 Å². The Morgan fingerprint density at radius 2 is 2.00 bits per heavy atom. The van der Waals surface area contributed by atoms with Crippen LogP contribution in [0.4, 0.5) is 10.2 Å². The maximum atomic E-state index is 13.4. The molecular formula is C21H20FIN4. The van der Waals surface area contributed by atoms with E-state index in [1.54, 1.807) is 12.1 Å². The van der Waals surface area contributed by atoms with Crippen LogP contribution in [-0.4, -0.2) is 17.7 Å². The van der Waals surface area contributed by atoms with Crippen molar-refractivity contribution in [2.45, 2.75) is 13.8 Å². The number of rotatable bonds is 6. The maximum absolute atomic E-state index is 13.4. The molecule has 1 aliphatic rings. The van der Waals surface area contributed by atoms with Crippen LogP contribution in [0.5, 0.6) is 0 Å². The zero-order chi connectivity index (χ0) is 19.2. The Morgan fingerprint density at radius 1 is 1.22 bits per heavy atom. The number of nitrogens with zero attached hydrogens (tertiary/aromatic N) is 2. The Hall–Kier alpha value is -2.48. The van der Waals surface area contributed by atoms with Gasteiger partial charge < -0.3 is 10.7 Å². The number of halogens is 2. The highest BCUT2D eigenvalue weighted by molar-refractivity contribution is 14.2. The second-order valence-electron chi connectivity index (χ2n) is 5.88. The SMILES string of the molecule is CCNc1ccc(/C(C2=CI=NC=C2)=C(\C=N)c2ccc(F)cc2)c(C)n1. The number of benzene rings is 1. The molecule has 0 saturated heterocycles. The van der Waals surface area contributed by atoms with Gasteiger partial charge in [-0.05, 0) is 59.4 Å². The van der Waals surface area contributed by atoms with E-state index in [9.17, 15) is 4.39 Å². The molecular weight excluding hydrogens is 454 g/mol. The summed E-state index contributed by atoms with van der Waals surface area (Å²) < 4.78 is 19.9. The number of aryl methyl sites for hydroxylation is 1. The van der Waals surface area contributed by atoms with E-state index in [4.69, 9.17) is 5.41 Å². The average Bonchev–Trinajstić information content (AvgIpc) is 2.69. The number of pyridine rings is 1. The van der Waals surface area contributed by atoms with Crippen molar-refractivity contribution >= 4 is 44.2 Å². The molecule has 2 aromatic rings. The largest absolute Gasteiger partial charge is 0.370 e. The summed E-state index contributed by atoms with van der Waals surface area (Å²) in [5.41, 5.74) is 5.32. The van der Waals surface area contributed by atoms with Gasteiger partial charge in [-0.25, -0.2) is 12.5 Å². The Bertz CT molecular complexity index is 972. The van der Waals surface area contributed by atoms with E-state index in [1.807, 2.05) is 38.3 Å². The van der Waals surface area contributed by atoms with Crippen molar-refractivity contribution in [2.24, 2.45) is 3.15 Å². The minimum atomic E-state index is -0.405. The van der Waals surface area contributed by atoms with E-state index in [0.717, 1.165) is 45.9 Å². The van der Waals surface area contributed by atoms with Crippen molar-refractivity contribution in [1.82, 2.24) is 4.98 Å². The molecule has 1 aromatic heterocycles. The average molecular weight is 474 g/mol. The zero-order valence-electron chi connectivity index (χ0n) is 15.1. The number of nitrogens with one attached hydrogen (secondary N) is 2. The van der Waals surface area contributed by atoms with Crippen LogP contribution < -0.4 is 5.32 Å². The van der Waals surface area contributed by atoms with Gasteiger partial charge in [0.15, 0.2) is 0 Å². The standard InChI is InChI=1S/C21H20FIN4/c1-3-25-20-9-8-18(14(2)27-20)21(16-10-11-26-23-12-16)19(13-24)15-4-6-17(22)7-5-15/h4-13,24H,3H2,1-2H3,(H,25,27)/b21-19+,24-13?. The lowest BCUT2D eigenvalue weighted by Gasteiger charge is -2.17. The number of aromatic nitrogens is 1. The second kappa shape index (κ2) is 8.94. The summed E-state index contributed by atoms with van der Waals surface area (Å²) in [6, 6.07) is 10.2. The molecule has 0 aliphatic carbocycles. The Kier molecular flexibility index (Phi) is 6.39. The van der Waals surface area contributed by atoms with Gasteiger partial charge in [0.1, 0.15) is 11.6 Å². The van der Waals surface area contributed by atoms with Crippen molar-refractivity contribution in [3.63, 3.8) is 0 Å². The quantitative estimate of drug-likeness (QED) is 0.394. The minimum absolute atomic E-state index is 0.293. The minimum Gasteiger partial charge on any atom is -0.370 e. The first kappa shape index (κ1) is 19.3. The summed E-state index contributed by atoms with van der Waals surface area (Å²) >= 11 is -0.405. The van der Waals surface area contributed by atoms with Gasteiger partial charge in [0, 0.05) is 62.4 Å². The molecule has 27 heavy (non-hydrogen) atoms. The summed E-state index contributed by atoms with van der Waals surface area (Å²) in [5, 5.41) is 11.3. The fourth-order valence-corrected chi connectivity index (χ4v) is 4.21. The highest BCUT2D eigenvalue weighted by Crippen LogP contribution is 2.36. The van der Waals surface area contributed by atoms with E-state index < -0.39 is 21.0 Å². The second-order valence-corrected chi connectivity index (χ2v) is 7.61. The fraction of sp³-hybridized carbons (Fsp3) is 0.143. The predicted molar refractivity (Wildman–Crippen MR) is 119 cm³/mol. The van der Waals surface area contributed by atoms with Crippen molar-refractivity contribution in [3.8, 4) is 0 Å². The van der Waals surface area contributed by atoms with Crippen molar-refractivity contribution < 1.29 is 4.39 Å². The predicted octanol–water partition coefficient (Wildman–Crippen LogP) is 6.09. The summed E-state index contributed by atoms with van der Waals surface area (Å²) in [6.45, 7) is 4.80. The third-order valence-corrected chi connectivity index (χ3v) is 5.70. The first-order valence-electron chi connectivity index (χ1n) is 8.56. The van der Waals surface area contributed by atoms with Gasteiger partial charge in [-0.3, -0.25) is 0 Å². The summed E-state index contributed by atoms with van der Waals surface area (Å²) in [5.74, 6) is 0.533. The van der Waals surface area contributed by atoms with Crippen LogP contribution in [0, 0.1) is 18.2 Å². The van der Waals surface area contributed by atoms with Gasteiger partial charge in [-0.2, -0.15) is 0 Å². The summed E-state index contributed by atoms with van der Waals surface area (Å²) in [4.78, 5) is 4.66. The molecule has 4 nitrogen and oxygen atoms in total. The monoisotopic (exact) mass is 474 g/mol. The van der Waals surface area contributed by atoms with E-state index in [0.29, 0.717) is 0 Å². The molecule has 0 unspecified atom stereocenters. The third kappa shape index (κ3) is 4.44. The van der Waals surface area contributed by atoms with Crippen LogP contribution in [0.15, 0.2) is 61.5 Å². The number of allylic oxidation sites excluding steroid dienone is 4. The number of hydrogen-bond donors (Lipinski definition) is 2. The first-order chi connectivity index (χ1) is 13.1. The highest BCUT2D eigenvalue weighted by Gasteiger charge is 2.17. The van der Waals surface area contributed by atoms with E-state index in [1.165, 1.54) is 18.3 Å². The zero-order valence-corrected chi connectivity index (χ0v) is 17.3. The van der Waals surface area contributed by atoms with Gasteiger partial charge >= 0.3 is 0 Å². The van der Waals surface area contributed by atoms with Crippen LogP contribution >= 0.6 is 21.0 Å². The van der Waals surface area contributed by atoms with Crippen LogP contribution in [-0.2, 0) is 0 Å². The van der Waals surface area contributed by atoms with Gasteiger partial charge in [-0.15, -0.1) is 0 Å². The lowest BCUT2D eigenvalue weighted by molar-refractivity contribution is 0.627. The number of anilines is 1. The topological polar surface area (TPSA) is 61.1 Å². The molecule has 1 aliphatic heterocycles. The molecule has 0 bridgehead atoms. The molecule has 3 rings (SSSR count). The van der Waals surface area contributed by atoms with Crippen molar-refractivity contribution in [2.75, 3.05) is 11.9 Å². The molecule has 0 atom stereocenters. The van der Waals surface area contributed by atoms with Crippen LogP contribution in [0.2, 0.25) is 0 Å². The molecule has 0 spiro atoms. The van der Waals surface area contributed by atoms with E-state index in [-0.39, 0.29) is 5.82 Å². The smallest absolute Gasteiger partial charge is 0.126 e. The third-order valence-electron chi connectivity index (χ3n) is 4.10. The molecule has 0 saturated carbocycles. The van der Waals surface area contributed by atoms with Gasteiger partial charge in [0.2, 0.25) is 0 Å². The Labute approximate surface area is 168 Å². The van der Waals surface area contributed by atoms with E-state index >= 15 is 0 Å². The molecule has 138 valence electrons. The van der Waals surface area contributed by atoms with Gasteiger partial charge in [0.25, 0.3) is 0 Å². The lowest BCUT2D eigenvalue weighted by atomic mass is 9.89. The number of hydrogen-bond acceptors (Lipinski definition) is 4. The molecule has 0 fully saturated rings. The van der Waals surface area contributed by atoms with Gasteiger partial charge in [-0.1, -0.05) is 12.1 Å². The van der Waals surface area contributed by atoms with Crippen LogP contribution in [0.1, 0.15) is 23.7 Å². The molecule has 2 heterocycles. The molecule has 2 N–H and O–H groups in total. The van der Waals surface area contributed by atoms with Crippen LogP contribution in [0.25, 0.3) is 11.1 Å². The summed E-state index contributed by atoms with van der Waals surface area (Å²) in [7, 11) is 0. The van der Waals surface area contributed by atoms with Crippen molar-refractivity contribution in [1.29, 1.82) is 5.41 Å². The van der Waals surface area contributed by atoms with Crippen molar-refractivity contribution in [3.05, 3.63) is 81.0 Å². The molecule has 0 radical (unpaired) electrons. The maximum Gasteiger partial charge on any atom is 0.126 e. The molecule has 1 aromatic carbocycles. The highest BCUT2D eigenvalue weighted by atomic mass is 127. The fourth-order valence-electron chi connectivity index (χ4n) is 2.89.